The van der Waals surface area contributed by atoms with Crippen molar-refractivity contribution in [2.45, 2.75) is 63.7 Å². The van der Waals surface area contributed by atoms with Gasteiger partial charge in [0.2, 0.25) is 12.1 Å². The lowest BCUT2D eigenvalue weighted by Crippen LogP contribution is -2.72. The Morgan fingerprint density at radius 2 is 1.75 bits per heavy atom. The number of hydroxylamine groups is 2. The van der Waals surface area contributed by atoms with Crippen LogP contribution in [0, 0.1) is 5.92 Å². The summed E-state index contributed by atoms with van der Waals surface area (Å²) in [4.78, 5) is 44.5. The minimum absolute atomic E-state index is 0.0391. The minimum atomic E-state index is -1.16. The van der Waals surface area contributed by atoms with Crippen LogP contribution in [0.3, 0.4) is 0 Å². The van der Waals surface area contributed by atoms with Crippen molar-refractivity contribution in [3.63, 3.8) is 0 Å². The fourth-order valence-corrected chi connectivity index (χ4v) is 4.88. The van der Waals surface area contributed by atoms with E-state index in [1.54, 1.807) is 20.8 Å². The summed E-state index contributed by atoms with van der Waals surface area (Å²) in [5.74, 6) is -1.73. The Balaban J connectivity index is 1.50. The monoisotopic (exact) mass is 447 g/mol. The van der Waals surface area contributed by atoms with Crippen LogP contribution in [0.5, 0.6) is 0 Å². The van der Waals surface area contributed by atoms with Crippen molar-refractivity contribution < 1.29 is 38.2 Å². The molecule has 5 aliphatic rings. The maximum atomic E-state index is 13.1. The number of amides is 3. The van der Waals surface area contributed by atoms with E-state index in [-0.39, 0.29) is 12.5 Å². The molecule has 0 radical (unpaired) electrons. The van der Waals surface area contributed by atoms with Crippen LogP contribution < -0.4 is 0 Å². The predicted molar refractivity (Wildman–Crippen MR) is 105 cm³/mol. The zero-order valence-corrected chi connectivity index (χ0v) is 18.2. The molecule has 1 aromatic carbocycles. The van der Waals surface area contributed by atoms with Gasteiger partial charge in [-0.3, -0.25) is 4.79 Å². The van der Waals surface area contributed by atoms with E-state index in [1.807, 2.05) is 30.3 Å². The summed E-state index contributed by atoms with van der Waals surface area (Å²) in [6.45, 7) is 5.27. The van der Waals surface area contributed by atoms with E-state index in [1.165, 1.54) is 12.1 Å². The highest BCUT2D eigenvalue weighted by Crippen LogP contribution is 2.49. The van der Waals surface area contributed by atoms with E-state index < -0.39 is 54.4 Å². The Kier molecular flexibility index (Phi) is 4.80. The molecule has 1 aromatic rings. The molecule has 6 atom stereocenters. The predicted octanol–water partition coefficient (Wildman–Crippen LogP) is 1.63. The molecule has 5 heterocycles. The Bertz CT molecular complexity index is 940. The van der Waals surface area contributed by atoms with Gasteiger partial charge in [0.05, 0.1) is 19.1 Å². The van der Waals surface area contributed by atoms with Crippen LogP contribution >= 0.6 is 0 Å². The zero-order valence-electron chi connectivity index (χ0n) is 18.2. The second kappa shape index (κ2) is 7.32. The molecular formula is C21H25N3O8. The Morgan fingerprint density at radius 1 is 1.06 bits per heavy atom. The molecule has 0 aromatic heterocycles. The van der Waals surface area contributed by atoms with Crippen molar-refractivity contribution in [1.82, 2.24) is 15.1 Å². The molecule has 6 rings (SSSR count). The molecular weight excluding hydrogens is 422 g/mol. The van der Waals surface area contributed by atoms with Crippen LogP contribution in [-0.2, 0) is 35.2 Å². The summed E-state index contributed by atoms with van der Waals surface area (Å²) in [6.07, 6.45) is -4.08. The average molecular weight is 447 g/mol. The molecule has 5 fully saturated rings. The van der Waals surface area contributed by atoms with Gasteiger partial charge < -0.3 is 18.9 Å². The number of rotatable bonds is 2. The largest absolute Gasteiger partial charge is 0.451 e. The standard InChI is InChI=1S/C21H25N3O8/c1-11-13-14-15-16(31-21(2,3)30-15)18(23(19(26)28-4)22(13)17(11)25)32-24(14)20(27)29-10-12-8-6-5-7-9-12/h5-9,11,13-16,18H,10H2,1-4H3/t11-,13+,14+,15-,16-,18-/m0/s1. The number of methoxy groups -OCH3 is 1. The number of nitrogens with zero attached hydrogens (tertiary/aromatic N) is 3. The minimum Gasteiger partial charge on any atom is -0.451 e. The van der Waals surface area contributed by atoms with Gasteiger partial charge in [-0.05, 0) is 19.4 Å². The second-order valence-electron chi connectivity index (χ2n) is 8.69. The van der Waals surface area contributed by atoms with Crippen molar-refractivity contribution >= 4 is 18.1 Å². The fourth-order valence-electron chi connectivity index (χ4n) is 4.88. The molecule has 32 heavy (non-hydrogen) atoms. The topological polar surface area (TPSA) is 107 Å². The molecule has 0 unspecified atom stereocenters. The molecule has 0 aliphatic carbocycles. The average Bonchev–Trinajstić information content (AvgIpc) is 3.00. The first-order chi connectivity index (χ1) is 15.2. The van der Waals surface area contributed by atoms with Gasteiger partial charge in [-0.15, -0.1) is 0 Å². The lowest BCUT2D eigenvalue weighted by molar-refractivity contribution is -0.289. The van der Waals surface area contributed by atoms with Crippen molar-refractivity contribution in [1.29, 1.82) is 0 Å². The molecule has 11 heteroatoms. The molecule has 2 bridgehead atoms. The molecule has 0 spiro atoms. The van der Waals surface area contributed by atoms with Crippen molar-refractivity contribution in [2.75, 3.05) is 7.11 Å². The van der Waals surface area contributed by atoms with Crippen LogP contribution in [0.2, 0.25) is 0 Å². The number of ether oxygens (including phenoxy) is 4. The number of fused-ring (bicyclic) bond motifs is 1. The van der Waals surface area contributed by atoms with Gasteiger partial charge in [0.1, 0.15) is 24.9 Å². The second-order valence-corrected chi connectivity index (χ2v) is 8.69. The Morgan fingerprint density at radius 3 is 2.44 bits per heavy atom. The third-order valence-electron chi connectivity index (χ3n) is 6.25. The van der Waals surface area contributed by atoms with E-state index >= 15 is 0 Å². The van der Waals surface area contributed by atoms with E-state index in [9.17, 15) is 14.4 Å². The maximum Gasteiger partial charge on any atom is 0.434 e. The van der Waals surface area contributed by atoms with Crippen LogP contribution in [0.25, 0.3) is 0 Å². The Labute approximate surface area is 184 Å². The normalized spacial score (nSPS) is 34.4. The quantitative estimate of drug-likeness (QED) is 0.630. The van der Waals surface area contributed by atoms with Crippen LogP contribution in [0.4, 0.5) is 9.59 Å². The number of benzene rings is 1. The van der Waals surface area contributed by atoms with Crippen molar-refractivity contribution in [3.05, 3.63) is 35.9 Å². The van der Waals surface area contributed by atoms with Gasteiger partial charge in [0.15, 0.2) is 5.79 Å². The first kappa shape index (κ1) is 21.0. The number of carbonyl (C=O) groups excluding carboxylic acids is 3. The number of carbonyl (C=O) groups is 3. The molecule has 11 nitrogen and oxygen atoms in total. The first-order valence-electron chi connectivity index (χ1n) is 10.5. The summed E-state index contributed by atoms with van der Waals surface area (Å²) >= 11 is 0. The van der Waals surface area contributed by atoms with E-state index in [0.717, 1.165) is 15.6 Å². The van der Waals surface area contributed by atoms with Gasteiger partial charge in [0.25, 0.3) is 0 Å². The Hall–Kier alpha value is -2.89. The van der Waals surface area contributed by atoms with Gasteiger partial charge in [-0.2, -0.15) is 10.1 Å². The summed E-state index contributed by atoms with van der Waals surface area (Å²) in [5, 5.41) is 3.46. The fraction of sp³-hybridized carbons (Fsp3) is 0.571. The van der Waals surface area contributed by atoms with E-state index in [2.05, 4.69) is 0 Å². The smallest absolute Gasteiger partial charge is 0.434 e. The van der Waals surface area contributed by atoms with Crippen molar-refractivity contribution in [3.8, 4) is 0 Å². The first-order valence-corrected chi connectivity index (χ1v) is 10.5. The number of hydrogen-bond acceptors (Lipinski definition) is 8. The number of β-lactam (4-membered cyclic amide) rings is 1. The molecule has 5 aliphatic heterocycles. The molecule has 5 saturated heterocycles. The van der Waals surface area contributed by atoms with Gasteiger partial charge >= 0.3 is 12.2 Å². The van der Waals surface area contributed by atoms with Gasteiger partial charge in [-0.25, -0.2) is 19.4 Å². The number of hydrazine groups is 1. The molecule has 0 N–H and O–H groups in total. The van der Waals surface area contributed by atoms with Crippen LogP contribution in [0.1, 0.15) is 26.3 Å². The summed E-state index contributed by atoms with van der Waals surface area (Å²) in [6, 6.07) is 7.90. The third kappa shape index (κ3) is 3.03. The molecule has 172 valence electrons. The lowest BCUT2D eigenvalue weighted by atomic mass is 9.82. The van der Waals surface area contributed by atoms with Crippen molar-refractivity contribution in [2.24, 2.45) is 5.92 Å². The highest BCUT2D eigenvalue weighted by molar-refractivity contribution is 5.88. The summed E-state index contributed by atoms with van der Waals surface area (Å²) < 4.78 is 22.6. The summed E-state index contributed by atoms with van der Waals surface area (Å²) in [5.41, 5.74) is 0.810. The molecule has 0 saturated carbocycles. The van der Waals surface area contributed by atoms with Crippen LogP contribution in [-0.4, -0.2) is 76.6 Å². The maximum absolute atomic E-state index is 13.1. The van der Waals surface area contributed by atoms with Gasteiger partial charge in [-0.1, -0.05) is 37.3 Å². The highest BCUT2D eigenvalue weighted by Gasteiger charge is 2.70. The SMILES string of the molecule is COC(=O)N1[C@H]2ON(C(=O)OCc3ccccc3)[C@@H]([C@@H]3OC(C)(C)O[C@@H]32)[C@H]2[C@H](C)C(=O)N21. The zero-order chi connectivity index (χ0) is 22.8. The highest BCUT2D eigenvalue weighted by atomic mass is 16.8. The lowest BCUT2D eigenvalue weighted by Gasteiger charge is -2.50. The van der Waals surface area contributed by atoms with E-state index in [0.29, 0.717) is 0 Å². The van der Waals surface area contributed by atoms with Crippen LogP contribution in [0.15, 0.2) is 30.3 Å². The number of hydrogen-bond donors (Lipinski definition) is 0. The summed E-state index contributed by atoms with van der Waals surface area (Å²) in [7, 11) is 1.21. The van der Waals surface area contributed by atoms with Gasteiger partial charge in [0, 0.05) is 0 Å². The molecule has 3 amide bonds. The van der Waals surface area contributed by atoms with E-state index in [4.69, 9.17) is 23.8 Å². The third-order valence-corrected chi connectivity index (χ3v) is 6.25.